The molecule has 152 valence electrons. The van der Waals surface area contributed by atoms with Gasteiger partial charge in [-0.25, -0.2) is 0 Å². The van der Waals surface area contributed by atoms with Crippen LogP contribution in [-0.4, -0.2) is 41.7 Å². The van der Waals surface area contributed by atoms with Crippen LogP contribution < -0.4 is 5.32 Å². The molecule has 0 aromatic heterocycles. The average molecular weight is 395 g/mol. The lowest BCUT2D eigenvalue weighted by Gasteiger charge is -2.57. The van der Waals surface area contributed by atoms with Crippen molar-refractivity contribution in [3.05, 3.63) is 0 Å². The number of carbonyl (C=O) groups is 2. The monoisotopic (exact) mass is 394 g/mol. The highest BCUT2D eigenvalue weighted by Gasteiger charge is 2.51. The number of carbonyl (C=O) groups excluding carboxylic acids is 2. The number of halogens is 1. The van der Waals surface area contributed by atoms with E-state index in [1.165, 1.54) is 38.5 Å². The van der Waals surface area contributed by atoms with E-state index in [0.717, 1.165) is 50.1 Å². The lowest BCUT2D eigenvalue weighted by atomic mass is 9.49. The van der Waals surface area contributed by atoms with Crippen molar-refractivity contribution in [1.29, 1.82) is 0 Å². The highest BCUT2D eigenvalue weighted by atomic mass is 35.5. The Bertz CT molecular complexity index is 560. The number of alkyl halides is 1. The fourth-order valence-corrected chi connectivity index (χ4v) is 6.78. The van der Waals surface area contributed by atoms with Crippen molar-refractivity contribution >= 4 is 23.4 Å². The molecule has 0 radical (unpaired) electrons. The van der Waals surface area contributed by atoms with E-state index < -0.39 is 5.41 Å². The van der Waals surface area contributed by atoms with E-state index in [1.54, 1.807) is 0 Å². The average Bonchev–Trinajstić information content (AvgIpc) is 2.60. The molecule has 4 bridgehead atoms. The maximum atomic E-state index is 13.0. The summed E-state index contributed by atoms with van der Waals surface area (Å²) in [6.45, 7) is 5.30. The number of rotatable bonds is 5. The van der Waals surface area contributed by atoms with E-state index in [1.807, 2.05) is 13.8 Å². The summed E-state index contributed by atoms with van der Waals surface area (Å²) in [5.74, 6) is 3.40. The molecule has 5 heteroatoms. The lowest BCUT2D eigenvalue weighted by Crippen LogP contribution is -2.52. The molecule has 5 fully saturated rings. The summed E-state index contributed by atoms with van der Waals surface area (Å²) in [6, 6.07) is 0.170. The van der Waals surface area contributed by atoms with Crippen molar-refractivity contribution in [3.63, 3.8) is 0 Å². The molecular formula is C22H35ClN2O2. The second-order valence-electron chi connectivity index (χ2n) is 10.7. The van der Waals surface area contributed by atoms with Gasteiger partial charge in [0.25, 0.3) is 0 Å². The van der Waals surface area contributed by atoms with Gasteiger partial charge in [-0.05, 0) is 88.4 Å². The van der Waals surface area contributed by atoms with Gasteiger partial charge in [-0.3, -0.25) is 9.59 Å². The number of hydrogen-bond donors (Lipinski definition) is 1. The Morgan fingerprint density at radius 3 is 2.04 bits per heavy atom. The lowest BCUT2D eigenvalue weighted by molar-refractivity contribution is -0.140. The SMILES string of the molecule is CC(C)(CCl)C(=O)NC1CCN(C(=O)CC23CC4CC(CC(C4)C2)C3)CC1. The van der Waals surface area contributed by atoms with E-state index in [4.69, 9.17) is 11.6 Å². The molecule has 4 aliphatic carbocycles. The highest BCUT2D eigenvalue weighted by Crippen LogP contribution is 2.61. The van der Waals surface area contributed by atoms with Crippen molar-refractivity contribution in [2.45, 2.75) is 77.7 Å². The summed E-state index contributed by atoms with van der Waals surface area (Å²) in [7, 11) is 0. The second-order valence-corrected chi connectivity index (χ2v) is 11.0. The minimum Gasteiger partial charge on any atom is -0.353 e. The van der Waals surface area contributed by atoms with E-state index in [-0.39, 0.29) is 11.9 Å². The summed E-state index contributed by atoms with van der Waals surface area (Å²) in [5, 5.41) is 3.13. The number of piperidine rings is 1. The second kappa shape index (κ2) is 7.24. The number of nitrogens with one attached hydrogen (secondary N) is 1. The third-order valence-corrected chi connectivity index (χ3v) is 8.49. The van der Waals surface area contributed by atoms with Crippen LogP contribution in [0.3, 0.4) is 0 Å². The molecule has 0 atom stereocenters. The minimum atomic E-state index is -0.535. The molecule has 0 aromatic carbocycles. The van der Waals surface area contributed by atoms with Crippen molar-refractivity contribution in [2.24, 2.45) is 28.6 Å². The Labute approximate surface area is 168 Å². The molecule has 1 saturated heterocycles. The van der Waals surface area contributed by atoms with Crippen LogP contribution in [-0.2, 0) is 9.59 Å². The Morgan fingerprint density at radius 1 is 1.04 bits per heavy atom. The fraction of sp³-hybridized carbons (Fsp3) is 0.909. The van der Waals surface area contributed by atoms with Crippen LogP contribution >= 0.6 is 11.6 Å². The van der Waals surface area contributed by atoms with Gasteiger partial charge in [0.05, 0.1) is 5.41 Å². The normalized spacial score (nSPS) is 36.1. The van der Waals surface area contributed by atoms with E-state index in [9.17, 15) is 9.59 Å². The molecule has 1 heterocycles. The van der Waals surface area contributed by atoms with Crippen LogP contribution in [0, 0.1) is 28.6 Å². The van der Waals surface area contributed by atoms with Crippen LogP contribution in [0.2, 0.25) is 0 Å². The third-order valence-electron chi connectivity index (χ3n) is 7.82. The molecule has 0 unspecified atom stereocenters. The topological polar surface area (TPSA) is 49.4 Å². The zero-order chi connectivity index (χ0) is 19.2. The van der Waals surface area contributed by atoms with Gasteiger partial charge in [-0.2, -0.15) is 0 Å². The van der Waals surface area contributed by atoms with Gasteiger partial charge < -0.3 is 10.2 Å². The zero-order valence-electron chi connectivity index (χ0n) is 16.9. The number of likely N-dealkylation sites (tertiary alicyclic amines) is 1. The van der Waals surface area contributed by atoms with Crippen LogP contribution in [0.1, 0.15) is 71.6 Å². The standard InChI is InChI=1S/C22H35ClN2O2/c1-21(2,14-23)20(27)24-18-3-5-25(6-4-18)19(26)13-22-10-15-7-16(11-22)9-17(8-15)12-22/h15-18H,3-14H2,1-2H3,(H,24,27). The van der Waals surface area contributed by atoms with E-state index >= 15 is 0 Å². The molecule has 1 N–H and O–H groups in total. The minimum absolute atomic E-state index is 0.0239. The van der Waals surface area contributed by atoms with Crippen LogP contribution in [0.4, 0.5) is 0 Å². The first-order valence-electron chi connectivity index (χ1n) is 10.9. The van der Waals surface area contributed by atoms with Crippen molar-refractivity contribution in [3.8, 4) is 0 Å². The molecule has 27 heavy (non-hydrogen) atoms. The summed E-state index contributed by atoms with van der Waals surface area (Å²) in [5.41, 5.74) is -0.214. The van der Waals surface area contributed by atoms with Gasteiger partial charge in [0.15, 0.2) is 0 Å². The summed E-state index contributed by atoms with van der Waals surface area (Å²) in [6.07, 6.45) is 10.7. The molecule has 1 aliphatic heterocycles. The van der Waals surface area contributed by atoms with Crippen LogP contribution in [0.5, 0.6) is 0 Å². The van der Waals surface area contributed by atoms with Gasteiger partial charge in [0.2, 0.25) is 11.8 Å². The van der Waals surface area contributed by atoms with Gasteiger partial charge in [-0.15, -0.1) is 11.6 Å². The molecule has 5 rings (SSSR count). The number of amides is 2. The number of hydrogen-bond acceptors (Lipinski definition) is 2. The predicted molar refractivity (Wildman–Crippen MR) is 107 cm³/mol. The Balaban J connectivity index is 1.28. The van der Waals surface area contributed by atoms with Crippen molar-refractivity contribution < 1.29 is 9.59 Å². The largest absolute Gasteiger partial charge is 0.353 e. The summed E-state index contributed by atoms with van der Waals surface area (Å²) in [4.78, 5) is 27.4. The molecule has 0 spiro atoms. The fourth-order valence-electron chi connectivity index (χ4n) is 6.65. The summed E-state index contributed by atoms with van der Waals surface area (Å²) >= 11 is 5.90. The van der Waals surface area contributed by atoms with Crippen LogP contribution in [0.25, 0.3) is 0 Å². The smallest absolute Gasteiger partial charge is 0.227 e. The summed E-state index contributed by atoms with van der Waals surface area (Å²) < 4.78 is 0. The van der Waals surface area contributed by atoms with E-state index in [0.29, 0.717) is 17.2 Å². The van der Waals surface area contributed by atoms with Crippen molar-refractivity contribution in [2.75, 3.05) is 19.0 Å². The first-order valence-corrected chi connectivity index (χ1v) is 11.5. The first-order chi connectivity index (χ1) is 12.8. The zero-order valence-corrected chi connectivity index (χ0v) is 17.7. The molecule has 0 aromatic rings. The predicted octanol–water partition coefficient (Wildman–Crippen LogP) is 3.97. The highest BCUT2D eigenvalue weighted by molar-refractivity contribution is 6.19. The molecule has 4 saturated carbocycles. The van der Waals surface area contributed by atoms with E-state index in [2.05, 4.69) is 10.2 Å². The molecule has 2 amide bonds. The third kappa shape index (κ3) is 4.02. The molecule has 4 nitrogen and oxygen atoms in total. The van der Waals surface area contributed by atoms with Gasteiger partial charge in [-0.1, -0.05) is 0 Å². The number of nitrogens with zero attached hydrogens (tertiary/aromatic N) is 1. The maximum Gasteiger partial charge on any atom is 0.227 e. The Morgan fingerprint density at radius 2 is 1.56 bits per heavy atom. The van der Waals surface area contributed by atoms with Gasteiger partial charge in [0, 0.05) is 31.4 Å². The Hall–Kier alpha value is -0.770. The van der Waals surface area contributed by atoms with Gasteiger partial charge >= 0.3 is 0 Å². The first kappa shape index (κ1) is 19.5. The van der Waals surface area contributed by atoms with Crippen molar-refractivity contribution in [1.82, 2.24) is 10.2 Å². The quantitative estimate of drug-likeness (QED) is 0.717. The molecular weight excluding hydrogens is 360 g/mol. The van der Waals surface area contributed by atoms with Gasteiger partial charge in [0.1, 0.15) is 0 Å². The maximum absolute atomic E-state index is 13.0. The molecule has 5 aliphatic rings. The van der Waals surface area contributed by atoms with Crippen LogP contribution in [0.15, 0.2) is 0 Å². The Kier molecular flexibility index (Phi) is 5.24.